The maximum Gasteiger partial charge on any atom is 0.184 e. The highest BCUT2D eigenvalue weighted by Crippen LogP contribution is 2.48. The van der Waals surface area contributed by atoms with Crippen LogP contribution in [0.1, 0.15) is 37.4 Å². The summed E-state index contributed by atoms with van der Waals surface area (Å²) in [6.45, 7) is 5.32. The van der Waals surface area contributed by atoms with Crippen LogP contribution in [0.4, 0.5) is 0 Å². The van der Waals surface area contributed by atoms with E-state index < -0.39 is 5.72 Å². The van der Waals surface area contributed by atoms with Crippen LogP contribution in [0, 0.1) is 0 Å². The van der Waals surface area contributed by atoms with Gasteiger partial charge in [-0.15, -0.1) is 0 Å². The fourth-order valence-electron chi connectivity index (χ4n) is 3.68. The maximum absolute atomic E-state index is 6.50. The van der Waals surface area contributed by atoms with E-state index in [1.807, 2.05) is 43.3 Å². The van der Waals surface area contributed by atoms with E-state index >= 15 is 0 Å². The second-order valence-corrected chi connectivity index (χ2v) is 7.63. The van der Waals surface area contributed by atoms with Crippen LogP contribution in [0.3, 0.4) is 0 Å². The van der Waals surface area contributed by atoms with Gasteiger partial charge in [-0.1, -0.05) is 35.9 Å². The summed E-state index contributed by atoms with van der Waals surface area (Å²) in [6, 6.07) is 14.0. The number of ether oxygens (including phenoxy) is 2. The molecule has 0 radical (unpaired) electrons. The van der Waals surface area contributed by atoms with Crippen LogP contribution in [0.25, 0.3) is 0 Å². The standard InChI is InChI=1S/C20H21ClN2O2S/c1-3-24-17-6-4-5-15-16-11-20(2,25-18(15)17)23(19(26)22-16)12-13-7-9-14(21)10-8-13/h4-10,16H,3,11-12H2,1-2H3,(H,22,26)/t16-,20-/m0/s1. The number of benzene rings is 2. The second kappa shape index (κ2) is 6.63. The summed E-state index contributed by atoms with van der Waals surface area (Å²) in [6.07, 6.45) is 0.809. The van der Waals surface area contributed by atoms with Crippen molar-refractivity contribution in [2.24, 2.45) is 0 Å². The molecule has 2 atom stereocenters. The third-order valence-electron chi connectivity index (χ3n) is 4.96. The quantitative estimate of drug-likeness (QED) is 0.770. The maximum atomic E-state index is 6.50. The number of hydrogen-bond acceptors (Lipinski definition) is 3. The Morgan fingerprint density at radius 1 is 1.31 bits per heavy atom. The van der Waals surface area contributed by atoms with Crippen molar-refractivity contribution in [1.82, 2.24) is 10.2 Å². The SMILES string of the molecule is CCOc1cccc2c1O[C@@]1(C)C[C@@H]2NC(=S)N1Cc1ccc(Cl)cc1. The number of hydrogen-bond donors (Lipinski definition) is 1. The molecule has 0 aromatic heterocycles. The molecule has 2 aromatic carbocycles. The molecule has 4 rings (SSSR count). The molecule has 2 bridgehead atoms. The summed E-state index contributed by atoms with van der Waals surface area (Å²) in [5, 5.41) is 4.90. The Morgan fingerprint density at radius 3 is 2.81 bits per heavy atom. The first-order chi connectivity index (χ1) is 12.5. The van der Waals surface area contributed by atoms with Gasteiger partial charge < -0.3 is 19.7 Å². The van der Waals surface area contributed by atoms with Crippen molar-refractivity contribution in [3.05, 3.63) is 58.6 Å². The van der Waals surface area contributed by atoms with Gasteiger partial charge in [0.2, 0.25) is 0 Å². The molecule has 0 spiro atoms. The predicted molar refractivity (Wildman–Crippen MR) is 107 cm³/mol. The Kier molecular flexibility index (Phi) is 4.45. The van der Waals surface area contributed by atoms with E-state index in [2.05, 4.69) is 23.2 Å². The third-order valence-corrected chi connectivity index (χ3v) is 5.55. The molecule has 1 N–H and O–H groups in total. The highest BCUT2D eigenvalue weighted by Gasteiger charge is 2.48. The third kappa shape index (κ3) is 2.99. The van der Waals surface area contributed by atoms with Crippen LogP contribution < -0.4 is 14.8 Å². The Bertz CT molecular complexity index is 842. The summed E-state index contributed by atoms with van der Waals surface area (Å²) < 4.78 is 12.3. The van der Waals surface area contributed by atoms with E-state index in [0.717, 1.165) is 34.1 Å². The van der Waals surface area contributed by atoms with Crippen molar-refractivity contribution >= 4 is 28.9 Å². The summed E-state index contributed by atoms with van der Waals surface area (Å²) in [5.74, 6) is 1.59. The van der Waals surface area contributed by atoms with Gasteiger partial charge in [-0.2, -0.15) is 0 Å². The van der Waals surface area contributed by atoms with Gasteiger partial charge in [0.25, 0.3) is 0 Å². The van der Waals surface area contributed by atoms with E-state index in [4.69, 9.17) is 33.3 Å². The first-order valence-corrected chi connectivity index (χ1v) is 9.56. The molecular formula is C20H21ClN2O2S. The van der Waals surface area contributed by atoms with Crippen molar-refractivity contribution in [2.75, 3.05) is 6.61 Å². The molecule has 6 heteroatoms. The number of para-hydroxylation sites is 1. The molecule has 1 fully saturated rings. The Hall–Kier alpha value is -1.98. The van der Waals surface area contributed by atoms with Crippen LogP contribution in [-0.4, -0.2) is 22.3 Å². The Balaban J connectivity index is 1.69. The number of rotatable bonds is 4. The number of fused-ring (bicyclic) bond motifs is 4. The number of nitrogens with one attached hydrogen (secondary N) is 1. The normalized spacial score (nSPS) is 23.7. The van der Waals surface area contributed by atoms with Crippen molar-refractivity contribution < 1.29 is 9.47 Å². The summed E-state index contributed by atoms with van der Waals surface area (Å²) in [7, 11) is 0. The molecule has 0 unspecified atom stereocenters. The minimum atomic E-state index is -0.535. The van der Waals surface area contributed by atoms with Gasteiger partial charge in [-0.25, -0.2) is 0 Å². The Labute approximate surface area is 164 Å². The molecule has 26 heavy (non-hydrogen) atoms. The van der Waals surface area contributed by atoms with Crippen molar-refractivity contribution in [1.29, 1.82) is 0 Å². The van der Waals surface area contributed by atoms with Crippen LogP contribution >= 0.6 is 23.8 Å². The van der Waals surface area contributed by atoms with Gasteiger partial charge in [-0.05, 0) is 49.8 Å². The lowest BCUT2D eigenvalue weighted by molar-refractivity contribution is -0.0738. The summed E-state index contributed by atoms with van der Waals surface area (Å²) >= 11 is 11.7. The zero-order valence-corrected chi connectivity index (χ0v) is 16.4. The largest absolute Gasteiger partial charge is 0.490 e. The molecule has 4 nitrogen and oxygen atoms in total. The number of halogens is 1. The highest BCUT2D eigenvalue weighted by molar-refractivity contribution is 7.80. The second-order valence-electron chi connectivity index (χ2n) is 6.80. The Morgan fingerprint density at radius 2 is 2.08 bits per heavy atom. The number of thiocarbonyl (C=S) groups is 1. The van der Waals surface area contributed by atoms with Crippen LogP contribution in [-0.2, 0) is 6.54 Å². The van der Waals surface area contributed by atoms with Crippen molar-refractivity contribution in [2.45, 2.75) is 38.6 Å². The van der Waals surface area contributed by atoms with Gasteiger partial charge in [0, 0.05) is 23.6 Å². The minimum absolute atomic E-state index is 0.123. The van der Waals surface area contributed by atoms with E-state index in [1.165, 1.54) is 0 Å². The average molecular weight is 389 g/mol. The molecular weight excluding hydrogens is 368 g/mol. The van der Waals surface area contributed by atoms with Gasteiger partial charge in [0.05, 0.1) is 12.6 Å². The minimum Gasteiger partial charge on any atom is -0.490 e. The van der Waals surface area contributed by atoms with Crippen molar-refractivity contribution in [3.8, 4) is 11.5 Å². The lowest BCUT2D eigenvalue weighted by atomic mass is 9.90. The van der Waals surface area contributed by atoms with E-state index in [0.29, 0.717) is 18.3 Å². The molecule has 0 amide bonds. The smallest absolute Gasteiger partial charge is 0.184 e. The predicted octanol–water partition coefficient (Wildman–Crippen LogP) is 4.67. The van der Waals surface area contributed by atoms with E-state index in [1.54, 1.807) is 0 Å². The van der Waals surface area contributed by atoms with Crippen molar-refractivity contribution in [3.63, 3.8) is 0 Å². The van der Waals surface area contributed by atoms with Gasteiger partial charge in [0.1, 0.15) is 0 Å². The van der Waals surface area contributed by atoms with E-state index in [-0.39, 0.29) is 6.04 Å². The fraction of sp³-hybridized carbons (Fsp3) is 0.350. The van der Waals surface area contributed by atoms with Gasteiger partial charge >= 0.3 is 0 Å². The zero-order chi connectivity index (χ0) is 18.3. The fourth-order valence-corrected chi connectivity index (χ4v) is 4.21. The first-order valence-electron chi connectivity index (χ1n) is 8.77. The molecule has 2 aromatic rings. The highest BCUT2D eigenvalue weighted by atomic mass is 35.5. The molecule has 2 aliphatic rings. The molecule has 1 saturated heterocycles. The molecule has 136 valence electrons. The average Bonchev–Trinajstić information content (AvgIpc) is 2.61. The monoisotopic (exact) mass is 388 g/mol. The number of nitrogens with zero attached hydrogens (tertiary/aromatic N) is 1. The van der Waals surface area contributed by atoms with Crippen LogP contribution in [0.2, 0.25) is 5.02 Å². The summed E-state index contributed by atoms with van der Waals surface area (Å²) in [5.41, 5.74) is 1.69. The topological polar surface area (TPSA) is 33.7 Å². The van der Waals surface area contributed by atoms with E-state index in [9.17, 15) is 0 Å². The van der Waals surface area contributed by atoms with Gasteiger partial charge in [0.15, 0.2) is 22.3 Å². The molecule has 2 heterocycles. The van der Waals surface area contributed by atoms with Crippen LogP contribution in [0.5, 0.6) is 11.5 Å². The summed E-state index contributed by atoms with van der Waals surface area (Å²) in [4.78, 5) is 2.10. The van der Waals surface area contributed by atoms with Gasteiger partial charge in [-0.3, -0.25) is 0 Å². The first kappa shape index (κ1) is 17.4. The molecule has 0 saturated carbocycles. The molecule has 2 aliphatic heterocycles. The zero-order valence-electron chi connectivity index (χ0n) is 14.8. The lowest BCUT2D eigenvalue weighted by Gasteiger charge is -2.52. The van der Waals surface area contributed by atoms with Crippen LogP contribution in [0.15, 0.2) is 42.5 Å². The molecule has 0 aliphatic carbocycles. The lowest BCUT2D eigenvalue weighted by Crippen LogP contribution is -2.64.